The molecule has 0 bridgehead atoms. The van der Waals surface area contributed by atoms with Crippen LogP contribution in [0, 0.1) is 0 Å². The van der Waals surface area contributed by atoms with Gasteiger partial charge in [0.1, 0.15) is 0 Å². The van der Waals surface area contributed by atoms with Crippen LogP contribution in [0.4, 0.5) is 0 Å². The molecule has 27 heavy (non-hydrogen) atoms. The topological polar surface area (TPSA) is 79.4 Å². The fraction of sp³-hybridized carbons (Fsp3) is 0.143. The lowest BCUT2D eigenvalue weighted by atomic mass is 9.94. The van der Waals surface area contributed by atoms with Crippen LogP contribution in [-0.4, -0.2) is 34.2 Å². The van der Waals surface area contributed by atoms with Gasteiger partial charge >= 0.3 is 0 Å². The maximum absolute atomic E-state index is 12.8. The monoisotopic (exact) mass is 359 g/mol. The van der Waals surface area contributed by atoms with Crippen LogP contribution in [0.3, 0.4) is 0 Å². The van der Waals surface area contributed by atoms with E-state index in [-0.39, 0.29) is 30.7 Å². The van der Waals surface area contributed by atoms with E-state index in [1.165, 1.54) is 0 Å². The molecule has 6 heteroatoms. The number of rotatable bonds is 5. The minimum absolute atomic E-state index is 0.0429. The third-order valence-corrected chi connectivity index (χ3v) is 4.63. The van der Waals surface area contributed by atoms with Crippen LogP contribution >= 0.6 is 0 Å². The van der Waals surface area contributed by atoms with Gasteiger partial charge in [0, 0.05) is 48.4 Å². The molecule has 1 N–H and O–H groups in total. The highest BCUT2D eigenvalue weighted by molar-refractivity contribution is 6.25. The van der Waals surface area contributed by atoms with Crippen LogP contribution in [0.1, 0.15) is 32.7 Å². The third-order valence-electron chi connectivity index (χ3n) is 4.63. The van der Waals surface area contributed by atoms with Crippen LogP contribution in [0.15, 0.2) is 60.9 Å². The Morgan fingerprint density at radius 1 is 0.963 bits per heavy atom. The molecular weight excluding hydrogens is 342 g/mol. The minimum atomic E-state index is -0.357. The van der Waals surface area contributed by atoms with Crippen molar-refractivity contribution in [2.24, 2.45) is 0 Å². The number of carbonyl (C=O) groups excluding carboxylic acids is 3. The van der Waals surface area contributed by atoms with Gasteiger partial charge in [-0.2, -0.15) is 0 Å². The first-order valence-electron chi connectivity index (χ1n) is 8.68. The molecule has 3 aromatic rings. The lowest BCUT2D eigenvalue weighted by Gasteiger charge is -2.27. The number of aromatic nitrogens is 1. The predicted molar refractivity (Wildman–Crippen MR) is 100 cm³/mol. The van der Waals surface area contributed by atoms with Crippen LogP contribution in [0.2, 0.25) is 0 Å². The van der Waals surface area contributed by atoms with E-state index in [1.807, 2.05) is 18.2 Å². The summed E-state index contributed by atoms with van der Waals surface area (Å²) in [6.07, 6.45) is 3.39. The van der Waals surface area contributed by atoms with E-state index in [0.29, 0.717) is 23.1 Å². The zero-order valence-electron chi connectivity index (χ0n) is 14.5. The molecule has 2 aromatic carbocycles. The molecule has 0 radical (unpaired) electrons. The van der Waals surface area contributed by atoms with Crippen LogP contribution in [-0.2, 0) is 11.3 Å². The summed E-state index contributed by atoms with van der Waals surface area (Å²) in [7, 11) is 0. The molecule has 0 saturated heterocycles. The van der Waals surface area contributed by atoms with Crippen molar-refractivity contribution in [3.05, 3.63) is 77.6 Å². The average Bonchev–Trinajstić information content (AvgIpc) is 2.71. The quantitative estimate of drug-likeness (QED) is 0.710. The van der Waals surface area contributed by atoms with Crippen LogP contribution in [0.5, 0.6) is 0 Å². The fourth-order valence-electron chi connectivity index (χ4n) is 3.29. The Labute approximate surface area is 155 Å². The lowest BCUT2D eigenvalue weighted by molar-refractivity contribution is -0.121. The minimum Gasteiger partial charge on any atom is -0.352 e. The predicted octanol–water partition coefficient (Wildman–Crippen LogP) is 2.54. The van der Waals surface area contributed by atoms with Gasteiger partial charge in [-0.3, -0.25) is 24.3 Å². The zero-order chi connectivity index (χ0) is 18.8. The van der Waals surface area contributed by atoms with Crippen molar-refractivity contribution < 1.29 is 14.4 Å². The summed E-state index contributed by atoms with van der Waals surface area (Å²) in [5.74, 6) is -0.940. The van der Waals surface area contributed by atoms with E-state index in [9.17, 15) is 14.4 Å². The third kappa shape index (κ3) is 3.17. The van der Waals surface area contributed by atoms with Gasteiger partial charge in [0.2, 0.25) is 5.91 Å². The summed E-state index contributed by atoms with van der Waals surface area (Å²) >= 11 is 0. The summed E-state index contributed by atoms with van der Waals surface area (Å²) in [5, 5.41) is 4.33. The molecule has 0 spiro atoms. The maximum Gasteiger partial charge on any atom is 0.261 e. The Morgan fingerprint density at radius 2 is 1.67 bits per heavy atom. The largest absolute Gasteiger partial charge is 0.352 e. The van der Waals surface area contributed by atoms with Crippen molar-refractivity contribution in [1.29, 1.82) is 0 Å². The molecule has 4 rings (SSSR count). The molecule has 0 aliphatic carbocycles. The van der Waals surface area contributed by atoms with E-state index in [1.54, 1.807) is 42.7 Å². The molecule has 0 saturated carbocycles. The van der Waals surface area contributed by atoms with E-state index in [2.05, 4.69) is 10.3 Å². The molecule has 0 atom stereocenters. The smallest absolute Gasteiger partial charge is 0.261 e. The van der Waals surface area contributed by atoms with Gasteiger partial charge in [0.15, 0.2) is 0 Å². The Hall–Kier alpha value is -3.54. The number of imide groups is 1. The van der Waals surface area contributed by atoms with Gasteiger partial charge in [-0.05, 0) is 29.1 Å². The Balaban J connectivity index is 1.46. The van der Waals surface area contributed by atoms with E-state index >= 15 is 0 Å². The summed E-state index contributed by atoms with van der Waals surface area (Å²) in [6, 6.07) is 14.5. The summed E-state index contributed by atoms with van der Waals surface area (Å²) in [5.41, 5.74) is 1.88. The first kappa shape index (κ1) is 16.9. The fourth-order valence-corrected chi connectivity index (χ4v) is 3.29. The Bertz CT molecular complexity index is 996. The normalized spacial score (nSPS) is 13.1. The summed E-state index contributed by atoms with van der Waals surface area (Å²) < 4.78 is 0. The first-order valence-corrected chi connectivity index (χ1v) is 8.68. The van der Waals surface area contributed by atoms with E-state index in [0.717, 1.165) is 15.8 Å². The van der Waals surface area contributed by atoms with E-state index in [4.69, 9.17) is 0 Å². The summed E-state index contributed by atoms with van der Waals surface area (Å²) in [4.78, 5) is 42.8. The molecule has 2 heterocycles. The number of amides is 3. The molecule has 1 aromatic heterocycles. The maximum atomic E-state index is 12.8. The molecule has 1 aliphatic heterocycles. The highest BCUT2D eigenvalue weighted by atomic mass is 16.2. The number of hydrogen-bond acceptors (Lipinski definition) is 4. The van der Waals surface area contributed by atoms with E-state index < -0.39 is 0 Å². The van der Waals surface area contributed by atoms with Crippen molar-refractivity contribution in [3.63, 3.8) is 0 Å². The van der Waals surface area contributed by atoms with Gasteiger partial charge < -0.3 is 5.32 Å². The highest BCUT2D eigenvalue weighted by Crippen LogP contribution is 2.29. The van der Waals surface area contributed by atoms with Crippen molar-refractivity contribution in [1.82, 2.24) is 15.2 Å². The molecular formula is C21H17N3O3. The molecule has 134 valence electrons. The van der Waals surface area contributed by atoms with Crippen molar-refractivity contribution in [3.8, 4) is 0 Å². The molecule has 0 unspecified atom stereocenters. The number of pyridine rings is 1. The van der Waals surface area contributed by atoms with Gasteiger partial charge in [0.25, 0.3) is 11.8 Å². The second kappa shape index (κ2) is 6.99. The number of benzene rings is 2. The highest BCUT2D eigenvalue weighted by Gasteiger charge is 2.32. The van der Waals surface area contributed by atoms with Gasteiger partial charge in [-0.1, -0.05) is 30.3 Å². The number of nitrogens with zero attached hydrogens (tertiary/aromatic N) is 2. The number of nitrogens with one attached hydrogen (secondary N) is 1. The van der Waals surface area contributed by atoms with Crippen molar-refractivity contribution >= 4 is 28.5 Å². The second-order valence-electron chi connectivity index (χ2n) is 6.36. The first-order chi connectivity index (χ1) is 13.1. The molecule has 6 nitrogen and oxygen atoms in total. The zero-order valence-corrected chi connectivity index (χ0v) is 14.5. The Morgan fingerprint density at radius 3 is 2.30 bits per heavy atom. The van der Waals surface area contributed by atoms with Crippen molar-refractivity contribution in [2.75, 3.05) is 6.54 Å². The number of carbonyl (C=O) groups is 3. The molecule has 0 fully saturated rings. The van der Waals surface area contributed by atoms with Gasteiger partial charge in [-0.25, -0.2) is 0 Å². The van der Waals surface area contributed by atoms with Crippen LogP contribution in [0.25, 0.3) is 10.8 Å². The SMILES string of the molecule is O=C(CCN1C(=O)c2cccc3cccc(c23)C1=O)NCc1cccnc1. The van der Waals surface area contributed by atoms with Crippen LogP contribution < -0.4 is 5.32 Å². The lowest BCUT2D eigenvalue weighted by Crippen LogP contribution is -2.42. The van der Waals surface area contributed by atoms with Gasteiger partial charge in [-0.15, -0.1) is 0 Å². The average molecular weight is 359 g/mol. The van der Waals surface area contributed by atoms with Gasteiger partial charge in [0.05, 0.1) is 0 Å². The molecule has 3 amide bonds. The molecule has 1 aliphatic rings. The second-order valence-corrected chi connectivity index (χ2v) is 6.36. The Kier molecular flexibility index (Phi) is 4.38. The summed E-state index contributed by atoms with van der Waals surface area (Å²) in [6.45, 7) is 0.401. The number of hydrogen-bond donors (Lipinski definition) is 1. The standard InChI is InChI=1S/C21H17N3O3/c25-18(23-13-14-4-3-10-22-12-14)9-11-24-20(26)16-7-1-5-15-6-2-8-17(19(15)16)21(24)27/h1-8,10,12H,9,11,13H2,(H,23,25). The van der Waals surface area contributed by atoms with Crippen molar-refractivity contribution in [2.45, 2.75) is 13.0 Å².